The largest absolute Gasteiger partial charge is 0.448 e. The molecular weight excluding hydrogens is 382 g/mol. The highest BCUT2D eigenvalue weighted by Gasteiger charge is 2.28. The fourth-order valence-electron chi connectivity index (χ4n) is 3.10. The summed E-state index contributed by atoms with van der Waals surface area (Å²) in [5.41, 5.74) is -0.235. The Morgan fingerprint density at radius 2 is 2.07 bits per heavy atom. The summed E-state index contributed by atoms with van der Waals surface area (Å²) >= 11 is 0. The maximum absolute atomic E-state index is 14.0. The van der Waals surface area contributed by atoms with Gasteiger partial charge in [-0.3, -0.25) is 9.36 Å². The number of nitrogens with zero attached hydrogens (tertiary/aromatic N) is 4. The fraction of sp³-hybridized carbons (Fsp3) is 0.350. The SMILES string of the molecule is C[C@@H](O)Cn1c(=O)c(Oc2ccc(F)cc2F)cc2cnc(N(C)C3CC3)nc21. The third kappa shape index (κ3) is 3.91. The average molecular weight is 402 g/mol. The van der Waals surface area contributed by atoms with Crippen LogP contribution in [0.1, 0.15) is 19.8 Å². The lowest BCUT2D eigenvalue weighted by atomic mass is 10.2. The summed E-state index contributed by atoms with van der Waals surface area (Å²) in [4.78, 5) is 23.8. The molecule has 0 spiro atoms. The summed E-state index contributed by atoms with van der Waals surface area (Å²) in [5.74, 6) is -1.64. The normalized spacial score (nSPS) is 14.8. The van der Waals surface area contributed by atoms with E-state index in [1.807, 2.05) is 11.9 Å². The van der Waals surface area contributed by atoms with E-state index in [0.717, 1.165) is 25.0 Å². The van der Waals surface area contributed by atoms with Crippen molar-refractivity contribution in [3.63, 3.8) is 0 Å². The number of ether oxygens (including phenoxy) is 1. The molecular formula is C20H20F2N4O3. The molecule has 4 rings (SSSR count). The fourth-order valence-corrected chi connectivity index (χ4v) is 3.10. The Hall–Kier alpha value is -3.07. The summed E-state index contributed by atoms with van der Waals surface area (Å²) in [6, 6.07) is 4.62. The number of aromatic nitrogens is 3. The minimum atomic E-state index is -0.927. The lowest BCUT2D eigenvalue weighted by Gasteiger charge is -2.18. The molecule has 9 heteroatoms. The first-order valence-electron chi connectivity index (χ1n) is 9.28. The molecule has 1 aliphatic carbocycles. The molecule has 7 nitrogen and oxygen atoms in total. The van der Waals surface area contributed by atoms with Crippen molar-refractivity contribution < 1.29 is 18.6 Å². The molecule has 1 aromatic carbocycles. The molecule has 1 N–H and O–H groups in total. The Kier molecular flexibility index (Phi) is 4.91. The van der Waals surface area contributed by atoms with Gasteiger partial charge in [0.15, 0.2) is 17.3 Å². The Balaban J connectivity index is 1.82. The second kappa shape index (κ2) is 7.40. The molecule has 0 saturated heterocycles. The quantitative estimate of drug-likeness (QED) is 0.683. The van der Waals surface area contributed by atoms with Crippen LogP contribution in [0, 0.1) is 11.6 Å². The number of hydrogen-bond donors (Lipinski definition) is 1. The van der Waals surface area contributed by atoms with E-state index in [9.17, 15) is 18.7 Å². The predicted molar refractivity (Wildman–Crippen MR) is 103 cm³/mol. The number of hydrogen-bond acceptors (Lipinski definition) is 6. The molecule has 29 heavy (non-hydrogen) atoms. The van der Waals surface area contributed by atoms with Crippen molar-refractivity contribution in [3.8, 4) is 11.5 Å². The van der Waals surface area contributed by atoms with Gasteiger partial charge in [0.05, 0.1) is 12.6 Å². The van der Waals surface area contributed by atoms with Crippen LogP contribution in [0.3, 0.4) is 0 Å². The molecule has 0 bridgehead atoms. The predicted octanol–water partition coefficient (Wildman–Crippen LogP) is 2.84. The van der Waals surface area contributed by atoms with Gasteiger partial charge in [0.25, 0.3) is 5.56 Å². The van der Waals surface area contributed by atoms with E-state index in [0.29, 0.717) is 29.1 Å². The molecule has 0 radical (unpaired) electrons. The Labute approximate surface area is 165 Å². The summed E-state index contributed by atoms with van der Waals surface area (Å²) in [6.07, 6.45) is 2.86. The number of fused-ring (bicyclic) bond motifs is 1. The lowest BCUT2D eigenvalue weighted by molar-refractivity contribution is 0.173. The van der Waals surface area contributed by atoms with Gasteiger partial charge in [-0.15, -0.1) is 0 Å². The van der Waals surface area contributed by atoms with Crippen LogP contribution in [0.15, 0.2) is 35.3 Å². The number of halogens is 2. The first-order chi connectivity index (χ1) is 13.8. The van der Waals surface area contributed by atoms with Crippen molar-refractivity contribution in [2.24, 2.45) is 0 Å². The van der Waals surface area contributed by atoms with Gasteiger partial charge in [0.2, 0.25) is 5.95 Å². The highest BCUT2D eigenvalue weighted by atomic mass is 19.1. The van der Waals surface area contributed by atoms with Crippen LogP contribution in [-0.4, -0.2) is 38.8 Å². The molecule has 0 aliphatic heterocycles. The summed E-state index contributed by atoms with van der Waals surface area (Å²) < 4.78 is 33.8. The van der Waals surface area contributed by atoms with Crippen molar-refractivity contribution >= 4 is 17.0 Å². The van der Waals surface area contributed by atoms with Crippen molar-refractivity contribution in [2.75, 3.05) is 11.9 Å². The van der Waals surface area contributed by atoms with E-state index >= 15 is 0 Å². The Morgan fingerprint density at radius 1 is 1.31 bits per heavy atom. The van der Waals surface area contributed by atoms with Crippen LogP contribution in [0.5, 0.6) is 11.5 Å². The number of anilines is 1. The van der Waals surface area contributed by atoms with E-state index < -0.39 is 23.3 Å². The van der Waals surface area contributed by atoms with Gasteiger partial charge < -0.3 is 14.7 Å². The molecule has 0 unspecified atom stereocenters. The third-order valence-corrected chi connectivity index (χ3v) is 4.75. The number of aliphatic hydroxyl groups is 1. The van der Waals surface area contributed by atoms with Crippen molar-refractivity contribution in [1.82, 2.24) is 14.5 Å². The molecule has 3 aromatic rings. The number of benzene rings is 1. The monoisotopic (exact) mass is 402 g/mol. The summed E-state index contributed by atoms with van der Waals surface area (Å²) in [5, 5.41) is 10.4. The highest BCUT2D eigenvalue weighted by Crippen LogP contribution is 2.29. The summed E-state index contributed by atoms with van der Waals surface area (Å²) in [7, 11) is 1.89. The topological polar surface area (TPSA) is 80.5 Å². The standard InChI is InChI=1S/C20H20F2N4O3/c1-11(27)10-26-18-12(9-23-20(24-18)25(2)14-4-5-14)7-17(19(26)28)29-16-6-3-13(21)8-15(16)22/h3,6-9,11,14,27H,4-5,10H2,1-2H3/t11-/m1/s1. The number of pyridine rings is 1. The smallest absolute Gasteiger partial charge is 0.295 e. The zero-order valence-electron chi connectivity index (χ0n) is 16.0. The average Bonchev–Trinajstić information content (AvgIpc) is 3.51. The zero-order chi connectivity index (χ0) is 20.7. The van der Waals surface area contributed by atoms with Crippen molar-refractivity contribution in [3.05, 3.63) is 52.5 Å². The van der Waals surface area contributed by atoms with E-state index in [1.54, 1.807) is 13.1 Å². The zero-order valence-corrected chi connectivity index (χ0v) is 16.0. The van der Waals surface area contributed by atoms with Gasteiger partial charge in [-0.2, -0.15) is 4.98 Å². The van der Waals surface area contributed by atoms with Gasteiger partial charge in [-0.1, -0.05) is 0 Å². The van der Waals surface area contributed by atoms with E-state index in [4.69, 9.17) is 4.74 Å². The van der Waals surface area contributed by atoms with Crippen LogP contribution in [-0.2, 0) is 6.54 Å². The van der Waals surface area contributed by atoms with Crippen molar-refractivity contribution in [2.45, 2.75) is 38.5 Å². The minimum absolute atomic E-state index is 0.0258. The Bertz CT molecular complexity index is 1130. The van der Waals surface area contributed by atoms with Gasteiger partial charge in [-0.25, -0.2) is 13.8 Å². The van der Waals surface area contributed by atoms with Crippen LogP contribution in [0.25, 0.3) is 11.0 Å². The first-order valence-corrected chi connectivity index (χ1v) is 9.28. The van der Waals surface area contributed by atoms with Crippen LogP contribution < -0.4 is 15.2 Å². The van der Waals surface area contributed by atoms with Crippen LogP contribution >= 0.6 is 0 Å². The molecule has 1 aliphatic rings. The Morgan fingerprint density at radius 3 is 2.72 bits per heavy atom. The third-order valence-electron chi connectivity index (χ3n) is 4.75. The van der Waals surface area contributed by atoms with Gasteiger partial charge in [0.1, 0.15) is 11.5 Å². The number of aliphatic hydroxyl groups excluding tert-OH is 1. The first kappa shape index (κ1) is 19.3. The molecule has 2 heterocycles. The molecule has 152 valence electrons. The van der Waals surface area contributed by atoms with Gasteiger partial charge >= 0.3 is 0 Å². The highest BCUT2D eigenvalue weighted by molar-refractivity contribution is 5.77. The molecule has 1 fully saturated rings. The molecule has 1 saturated carbocycles. The summed E-state index contributed by atoms with van der Waals surface area (Å²) in [6.45, 7) is 1.52. The maximum Gasteiger partial charge on any atom is 0.295 e. The second-order valence-corrected chi connectivity index (χ2v) is 7.24. The molecule has 1 atom stereocenters. The van der Waals surface area contributed by atoms with Gasteiger partial charge in [0, 0.05) is 30.7 Å². The minimum Gasteiger partial charge on any atom is -0.448 e. The van der Waals surface area contributed by atoms with Crippen LogP contribution in [0.4, 0.5) is 14.7 Å². The maximum atomic E-state index is 14.0. The van der Waals surface area contributed by atoms with Gasteiger partial charge in [-0.05, 0) is 38.0 Å². The molecule has 2 aromatic heterocycles. The van der Waals surface area contributed by atoms with E-state index in [2.05, 4.69) is 9.97 Å². The number of rotatable bonds is 6. The second-order valence-electron chi connectivity index (χ2n) is 7.24. The lowest BCUT2D eigenvalue weighted by Crippen LogP contribution is -2.28. The molecule has 0 amide bonds. The van der Waals surface area contributed by atoms with E-state index in [-0.39, 0.29) is 18.0 Å². The van der Waals surface area contributed by atoms with Crippen molar-refractivity contribution in [1.29, 1.82) is 0 Å². The van der Waals surface area contributed by atoms with E-state index in [1.165, 1.54) is 10.6 Å². The van der Waals surface area contributed by atoms with Crippen LogP contribution in [0.2, 0.25) is 0 Å².